The van der Waals surface area contributed by atoms with Crippen LogP contribution in [-0.2, 0) is 5.54 Å². The van der Waals surface area contributed by atoms with Gasteiger partial charge in [-0.3, -0.25) is 4.79 Å². The Morgan fingerprint density at radius 2 is 1.91 bits per heavy atom. The minimum atomic E-state index is -0.101. The monoisotopic (exact) mass is 475 g/mol. The van der Waals surface area contributed by atoms with Crippen molar-refractivity contribution in [1.82, 2.24) is 34.9 Å². The SMILES string of the molecule is CN(C)C1CCN(c2ccc(Nc3ncc4cc5n(c4n3)C3(CCCCC3)CNC5=O)nn2)CC1. The first-order valence-electron chi connectivity index (χ1n) is 12.7. The number of aromatic nitrogens is 5. The Labute approximate surface area is 205 Å². The molecule has 6 rings (SSSR count). The lowest BCUT2D eigenvalue weighted by Crippen LogP contribution is -2.52. The van der Waals surface area contributed by atoms with E-state index in [1.54, 1.807) is 6.20 Å². The van der Waals surface area contributed by atoms with Crippen LogP contribution in [0.4, 0.5) is 17.6 Å². The number of fused-ring (bicyclic) bond motifs is 4. The second kappa shape index (κ2) is 8.75. The number of hydrogen-bond donors (Lipinski definition) is 2. The Morgan fingerprint density at radius 3 is 2.63 bits per heavy atom. The van der Waals surface area contributed by atoms with Crippen LogP contribution in [0.15, 0.2) is 24.4 Å². The van der Waals surface area contributed by atoms with E-state index >= 15 is 0 Å². The fourth-order valence-corrected chi connectivity index (χ4v) is 6.01. The number of nitrogens with zero attached hydrogens (tertiary/aromatic N) is 7. The van der Waals surface area contributed by atoms with Gasteiger partial charge in [0.15, 0.2) is 11.6 Å². The highest BCUT2D eigenvalue weighted by Gasteiger charge is 2.41. The van der Waals surface area contributed by atoms with Crippen LogP contribution in [0.25, 0.3) is 11.0 Å². The molecule has 1 saturated heterocycles. The number of anilines is 3. The summed E-state index contributed by atoms with van der Waals surface area (Å²) >= 11 is 0. The molecule has 3 aromatic heterocycles. The van der Waals surface area contributed by atoms with Gasteiger partial charge in [-0.15, -0.1) is 10.2 Å². The molecule has 35 heavy (non-hydrogen) atoms. The Morgan fingerprint density at radius 1 is 1.11 bits per heavy atom. The zero-order chi connectivity index (χ0) is 24.0. The van der Waals surface area contributed by atoms with Crippen LogP contribution < -0.4 is 15.5 Å². The molecule has 3 aromatic rings. The van der Waals surface area contributed by atoms with Crippen molar-refractivity contribution in [3.05, 3.63) is 30.1 Å². The molecule has 0 atom stereocenters. The van der Waals surface area contributed by atoms with E-state index in [2.05, 4.69) is 54.3 Å². The lowest BCUT2D eigenvalue weighted by Gasteiger charge is -2.42. The van der Waals surface area contributed by atoms with Crippen LogP contribution in [0.5, 0.6) is 0 Å². The molecule has 2 fully saturated rings. The molecule has 0 radical (unpaired) electrons. The third-order valence-corrected chi connectivity index (χ3v) is 8.02. The van der Waals surface area contributed by atoms with Crippen molar-refractivity contribution in [2.45, 2.75) is 56.5 Å². The first-order valence-corrected chi connectivity index (χ1v) is 12.7. The third-order valence-electron chi connectivity index (χ3n) is 8.02. The molecule has 0 unspecified atom stereocenters. The van der Waals surface area contributed by atoms with Crippen molar-refractivity contribution >= 4 is 34.5 Å². The smallest absolute Gasteiger partial charge is 0.268 e. The number of amides is 1. The van der Waals surface area contributed by atoms with E-state index in [9.17, 15) is 4.79 Å². The van der Waals surface area contributed by atoms with Gasteiger partial charge in [-0.1, -0.05) is 19.3 Å². The predicted molar refractivity (Wildman–Crippen MR) is 135 cm³/mol. The second-order valence-electron chi connectivity index (χ2n) is 10.4. The van der Waals surface area contributed by atoms with Crippen molar-refractivity contribution in [1.29, 1.82) is 0 Å². The van der Waals surface area contributed by atoms with E-state index in [0.717, 1.165) is 55.6 Å². The van der Waals surface area contributed by atoms with Gasteiger partial charge in [-0.05, 0) is 58.0 Å². The predicted octanol–water partition coefficient (Wildman–Crippen LogP) is 2.90. The van der Waals surface area contributed by atoms with Crippen molar-refractivity contribution in [2.75, 3.05) is 43.9 Å². The van der Waals surface area contributed by atoms with Crippen LogP contribution in [0.2, 0.25) is 0 Å². The highest BCUT2D eigenvalue weighted by molar-refractivity contribution is 5.99. The van der Waals surface area contributed by atoms with E-state index in [-0.39, 0.29) is 11.4 Å². The average molecular weight is 476 g/mol. The molecule has 10 heteroatoms. The van der Waals surface area contributed by atoms with Crippen LogP contribution in [0, 0.1) is 0 Å². The van der Waals surface area contributed by atoms with Crippen molar-refractivity contribution in [2.24, 2.45) is 0 Å². The van der Waals surface area contributed by atoms with E-state index in [0.29, 0.717) is 30.0 Å². The van der Waals surface area contributed by atoms with Crippen LogP contribution in [0.3, 0.4) is 0 Å². The number of carbonyl (C=O) groups excluding carboxylic acids is 1. The van der Waals surface area contributed by atoms with Crippen LogP contribution in [-0.4, -0.2) is 75.3 Å². The first-order chi connectivity index (χ1) is 17.0. The van der Waals surface area contributed by atoms with Crippen molar-refractivity contribution < 1.29 is 4.79 Å². The Bertz CT molecular complexity index is 1220. The molecule has 2 N–H and O–H groups in total. The van der Waals surface area contributed by atoms with E-state index < -0.39 is 0 Å². The van der Waals surface area contributed by atoms with Crippen molar-refractivity contribution in [3.63, 3.8) is 0 Å². The largest absolute Gasteiger partial charge is 0.355 e. The number of carbonyl (C=O) groups is 1. The molecule has 1 saturated carbocycles. The van der Waals surface area contributed by atoms with Crippen molar-refractivity contribution in [3.8, 4) is 0 Å². The summed E-state index contributed by atoms with van der Waals surface area (Å²) in [5.74, 6) is 1.93. The van der Waals surface area contributed by atoms with Gasteiger partial charge in [0.1, 0.15) is 11.3 Å². The maximum atomic E-state index is 12.7. The van der Waals surface area contributed by atoms with Gasteiger partial charge in [0, 0.05) is 37.3 Å². The van der Waals surface area contributed by atoms with E-state index in [1.165, 1.54) is 19.3 Å². The lowest BCUT2D eigenvalue weighted by atomic mass is 9.80. The summed E-state index contributed by atoms with van der Waals surface area (Å²) in [5.41, 5.74) is 1.39. The molecule has 1 amide bonds. The minimum Gasteiger partial charge on any atom is -0.355 e. The number of nitrogens with one attached hydrogen (secondary N) is 2. The third kappa shape index (κ3) is 3.99. The van der Waals surface area contributed by atoms with Crippen LogP contribution >= 0.6 is 0 Å². The normalized spacial score (nSPS) is 20.3. The summed E-state index contributed by atoms with van der Waals surface area (Å²) < 4.78 is 2.18. The Balaban J connectivity index is 1.24. The number of rotatable bonds is 4. The highest BCUT2D eigenvalue weighted by Crippen LogP contribution is 2.40. The maximum Gasteiger partial charge on any atom is 0.268 e. The summed E-state index contributed by atoms with van der Waals surface area (Å²) in [6.07, 6.45) is 9.73. The Hall–Kier alpha value is -3.27. The molecular weight excluding hydrogens is 442 g/mol. The summed E-state index contributed by atoms with van der Waals surface area (Å²) in [7, 11) is 4.29. The fourth-order valence-electron chi connectivity index (χ4n) is 6.01. The van der Waals surface area contributed by atoms with Crippen LogP contribution in [0.1, 0.15) is 55.4 Å². The van der Waals surface area contributed by atoms with Gasteiger partial charge in [0.05, 0.1) is 5.54 Å². The van der Waals surface area contributed by atoms with Gasteiger partial charge < -0.3 is 25.0 Å². The zero-order valence-corrected chi connectivity index (χ0v) is 20.5. The summed E-state index contributed by atoms with van der Waals surface area (Å²) in [6.45, 7) is 2.63. The second-order valence-corrected chi connectivity index (χ2v) is 10.4. The van der Waals surface area contributed by atoms with Gasteiger partial charge in [0.2, 0.25) is 5.95 Å². The molecular formula is C25H33N9O. The van der Waals surface area contributed by atoms with E-state index in [4.69, 9.17) is 4.98 Å². The standard InChI is InChI=1S/C25H33N9O/c1-32(2)18-8-12-33(13-9-18)21-7-6-20(30-31-21)28-24-26-15-17-14-19-23(35)27-16-25(10-4-3-5-11-25)34(19)22(17)29-24/h6-7,14-15,18H,3-5,8-13,16H2,1-2H3,(H,27,35)(H,26,28,29,30). The first kappa shape index (κ1) is 22.2. The molecule has 2 aliphatic heterocycles. The van der Waals surface area contributed by atoms with Gasteiger partial charge in [-0.2, -0.15) is 4.98 Å². The Kier molecular flexibility index (Phi) is 5.55. The molecule has 5 heterocycles. The van der Waals surface area contributed by atoms with Gasteiger partial charge >= 0.3 is 0 Å². The molecule has 3 aliphatic rings. The topological polar surface area (TPSA) is 104 Å². The van der Waals surface area contributed by atoms with Gasteiger partial charge in [0.25, 0.3) is 5.91 Å². The molecule has 184 valence electrons. The lowest BCUT2D eigenvalue weighted by molar-refractivity contribution is 0.0833. The summed E-state index contributed by atoms with van der Waals surface area (Å²) in [5, 5.41) is 16.0. The minimum absolute atomic E-state index is 0.0372. The molecule has 0 aromatic carbocycles. The molecule has 10 nitrogen and oxygen atoms in total. The zero-order valence-electron chi connectivity index (χ0n) is 20.5. The summed E-state index contributed by atoms with van der Waals surface area (Å²) in [6, 6.07) is 6.48. The molecule has 0 bridgehead atoms. The highest BCUT2D eigenvalue weighted by atomic mass is 16.2. The fraction of sp³-hybridized carbons (Fsp3) is 0.560. The van der Waals surface area contributed by atoms with Gasteiger partial charge in [-0.25, -0.2) is 4.98 Å². The number of hydrogen-bond acceptors (Lipinski definition) is 8. The quantitative estimate of drug-likeness (QED) is 0.594. The number of piperidine rings is 1. The average Bonchev–Trinajstić information content (AvgIpc) is 3.28. The molecule has 1 aliphatic carbocycles. The van der Waals surface area contributed by atoms with E-state index in [1.807, 2.05) is 18.2 Å². The summed E-state index contributed by atoms with van der Waals surface area (Å²) in [4.78, 5) is 26.6. The molecule has 1 spiro atoms. The maximum absolute atomic E-state index is 12.7.